The lowest BCUT2D eigenvalue weighted by Crippen LogP contribution is -2.15. The lowest BCUT2D eigenvalue weighted by atomic mass is 9.87. The summed E-state index contributed by atoms with van der Waals surface area (Å²) in [7, 11) is 1.69. The van der Waals surface area contributed by atoms with Gasteiger partial charge < -0.3 is 9.84 Å². The van der Waals surface area contributed by atoms with E-state index in [1.54, 1.807) is 7.11 Å². The van der Waals surface area contributed by atoms with Gasteiger partial charge in [-0.3, -0.25) is 4.79 Å². The first-order chi connectivity index (χ1) is 9.10. The molecule has 2 unspecified atom stereocenters. The molecular weight excluding hydrogens is 240 g/mol. The zero-order valence-corrected chi connectivity index (χ0v) is 11.7. The van der Waals surface area contributed by atoms with Crippen molar-refractivity contribution < 1.29 is 14.6 Å². The highest BCUT2D eigenvalue weighted by Gasteiger charge is 2.29. The van der Waals surface area contributed by atoms with E-state index in [2.05, 4.69) is 13.0 Å². The number of benzene rings is 1. The van der Waals surface area contributed by atoms with E-state index in [0.717, 1.165) is 31.4 Å². The number of hydrogen-bond acceptors (Lipinski definition) is 2. The summed E-state index contributed by atoms with van der Waals surface area (Å²) < 4.78 is 5.41. The van der Waals surface area contributed by atoms with Crippen molar-refractivity contribution in [3.05, 3.63) is 29.3 Å². The standard InChI is InChI=1S/C16H22O3/c1-11-6-7-15(19-2)14(8-11)9-12-4-3-5-13(12)10-16(17)18/h6-8,12-13H,3-5,9-10H2,1-2H3,(H,17,18). The Morgan fingerprint density at radius 3 is 2.79 bits per heavy atom. The second kappa shape index (κ2) is 6.09. The van der Waals surface area contributed by atoms with E-state index < -0.39 is 5.97 Å². The third kappa shape index (κ3) is 3.49. The smallest absolute Gasteiger partial charge is 0.303 e. The van der Waals surface area contributed by atoms with Gasteiger partial charge in [0.1, 0.15) is 5.75 Å². The molecule has 1 aromatic rings. The number of methoxy groups -OCH3 is 1. The maximum atomic E-state index is 10.9. The van der Waals surface area contributed by atoms with Crippen molar-refractivity contribution >= 4 is 5.97 Å². The van der Waals surface area contributed by atoms with Gasteiger partial charge in [0.15, 0.2) is 0 Å². The Kier molecular flexibility index (Phi) is 4.46. The van der Waals surface area contributed by atoms with Crippen LogP contribution in [0.2, 0.25) is 0 Å². The summed E-state index contributed by atoms with van der Waals surface area (Å²) in [5.74, 6) is 1.05. The van der Waals surface area contributed by atoms with E-state index in [-0.39, 0.29) is 0 Å². The van der Waals surface area contributed by atoms with Crippen molar-refractivity contribution in [3.63, 3.8) is 0 Å². The van der Waals surface area contributed by atoms with Crippen LogP contribution in [0.15, 0.2) is 18.2 Å². The SMILES string of the molecule is COc1ccc(C)cc1CC1CCCC1CC(=O)O. The third-order valence-corrected chi connectivity index (χ3v) is 4.17. The quantitative estimate of drug-likeness (QED) is 0.884. The van der Waals surface area contributed by atoms with Crippen molar-refractivity contribution in [2.45, 2.75) is 39.0 Å². The Hall–Kier alpha value is -1.51. The predicted molar refractivity (Wildman–Crippen MR) is 74.5 cm³/mol. The van der Waals surface area contributed by atoms with Gasteiger partial charge in [-0.1, -0.05) is 24.1 Å². The van der Waals surface area contributed by atoms with Crippen LogP contribution >= 0.6 is 0 Å². The fourth-order valence-electron chi connectivity index (χ4n) is 3.22. The summed E-state index contributed by atoms with van der Waals surface area (Å²) in [5, 5.41) is 8.98. The van der Waals surface area contributed by atoms with Gasteiger partial charge in [0, 0.05) is 6.42 Å². The Balaban J connectivity index is 2.11. The highest BCUT2D eigenvalue weighted by atomic mass is 16.5. The van der Waals surface area contributed by atoms with Crippen LogP contribution in [0.1, 0.15) is 36.8 Å². The van der Waals surface area contributed by atoms with E-state index in [1.807, 2.05) is 12.1 Å². The van der Waals surface area contributed by atoms with Gasteiger partial charge in [0.25, 0.3) is 0 Å². The number of hydrogen-bond donors (Lipinski definition) is 1. The lowest BCUT2D eigenvalue weighted by Gasteiger charge is -2.19. The van der Waals surface area contributed by atoms with Crippen molar-refractivity contribution in [2.24, 2.45) is 11.8 Å². The summed E-state index contributed by atoms with van der Waals surface area (Å²) in [4.78, 5) is 10.9. The number of aryl methyl sites for hydroxylation is 1. The summed E-state index contributed by atoms with van der Waals surface area (Å²) >= 11 is 0. The van der Waals surface area contributed by atoms with Crippen LogP contribution in [-0.2, 0) is 11.2 Å². The minimum atomic E-state index is -0.673. The van der Waals surface area contributed by atoms with Crippen molar-refractivity contribution in [1.29, 1.82) is 0 Å². The molecule has 3 nitrogen and oxygen atoms in total. The third-order valence-electron chi connectivity index (χ3n) is 4.17. The first kappa shape index (κ1) is 13.9. The maximum absolute atomic E-state index is 10.9. The van der Waals surface area contributed by atoms with Crippen molar-refractivity contribution in [1.82, 2.24) is 0 Å². The molecule has 0 heterocycles. The Labute approximate surface area is 114 Å². The molecule has 19 heavy (non-hydrogen) atoms. The highest BCUT2D eigenvalue weighted by molar-refractivity contribution is 5.67. The number of carbonyl (C=O) groups is 1. The molecular formula is C16H22O3. The molecule has 1 aromatic carbocycles. The molecule has 1 saturated carbocycles. The zero-order valence-electron chi connectivity index (χ0n) is 11.7. The molecule has 1 fully saturated rings. The van der Waals surface area contributed by atoms with E-state index in [4.69, 9.17) is 9.84 Å². The molecule has 0 spiro atoms. The Morgan fingerprint density at radius 2 is 2.11 bits per heavy atom. The summed E-state index contributed by atoms with van der Waals surface area (Å²) in [5.41, 5.74) is 2.44. The number of aliphatic carboxylic acids is 1. The number of carboxylic acids is 1. The molecule has 0 bridgehead atoms. The predicted octanol–water partition coefficient (Wildman–Crippen LogP) is 3.44. The average molecular weight is 262 g/mol. The molecule has 0 amide bonds. The molecule has 3 heteroatoms. The van der Waals surface area contributed by atoms with E-state index in [1.165, 1.54) is 11.1 Å². The summed E-state index contributed by atoms with van der Waals surface area (Å²) in [6.45, 7) is 2.08. The lowest BCUT2D eigenvalue weighted by molar-refractivity contribution is -0.138. The number of carboxylic acid groups (broad SMARTS) is 1. The molecule has 2 atom stereocenters. The minimum Gasteiger partial charge on any atom is -0.496 e. The molecule has 1 aliphatic carbocycles. The van der Waals surface area contributed by atoms with Crippen LogP contribution in [-0.4, -0.2) is 18.2 Å². The van der Waals surface area contributed by atoms with Crippen LogP contribution in [0.3, 0.4) is 0 Å². The van der Waals surface area contributed by atoms with Crippen molar-refractivity contribution in [2.75, 3.05) is 7.11 Å². The van der Waals surface area contributed by atoms with Gasteiger partial charge >= 0.3 is 5.97 Å². The molecule has 1 aliphatic rings. The molecule has 1 N–H and O–H groups in total. The largest absolute Gasteiger partial charge is 0.496 e. The molecule has 104 valence electrons. The summed E-state index contributed by atoms with van der Waals surface area (Å²) in [6, 6.07) is 6.21. The topological polar surface area (TPSA) is 46.5 Å². The average Bonchev–Trinajstić information content (AvgIpc) is 2.76. The van der Waals surface area contributed by atoms with Crippen LogP contribution < -0.4 is 4.74 Å². The van der Waals surface area contributed by atoms with E-state index in [0.29, 0.717) is 18.3 Å². The Morgan fingerprint density at radius 1 is 1.37 bits per heavy atom. The number of ether oxygens (including phenoxy) is 1. The first-order valence-corrected chi connectivity index (χ1v) is 6.95. The van der Waals surface area contributed by atoms with Crippen LogP contribution in [0.4, 0.5) is 0 Å². The van der Waals surface area contributed by atoms with Gasteiger partial charge in [0.2, 0.25) is 0 Å². The van der Waals surface area contributed by atoms with Gasteiger partial charge in [-0.2, -0.15) is 0 Å². The number of rotatable bonds is 5. The van der Waals surface area contributed by atoms with Crippen LogP contribution in [0.25, 0.3) is 0 Å². The van der Waals surface area contributed by atoms with Crippen LogP contribution in [0.5, 0.6) is 5.75 Å². The molecule has 0 radical (unpaired) electrons. The maximum Gasteiger partial charge on any atom is 0.303 e. The van der Waals surface area contributed by atoms with Crippen molar-refractivity contribution in [3.8, 4) is 5.75 Å². The molecule has 0 aromatic heterocycles. The monoisotopic (exact) mass is 262 g/mol. The second-order valence-corrected chi connectivity index (χ2v) is 5.57. The second-order valence-electron chi connectivity index (χ2n) is 5.57. The zero-order chi connectivity index (χ0) is 13.8. The van der Waals surface area contributed by atoms with Gasteiger partial charge in [0.05, 0.1) is 7.11 Å². The molecule has 0 aliphatic heterocycles. The Bertz CT molecular complexity index is 453. The van der Waals surface area contributed by atoms with Crippen LogP contribution in [0, 0.1) is 18.8 Å². The summed E-state index contributed by atoms with van der Waals surface area (Å²) in [6.07, 6.45) is 4.57. The normalized spacial score (nSPS) is 22.4. The fourth-order valence-corrected chi connectivity index (χ4v) is 3.22. The first-order valence-electron chi connectivity index (χ1n) is 6.95. The van der Waals surface area contributed by atoms with Gasteiger partial charge in [-0.05, 0) is 49.7 Å². The fraction of sp³-hybridized carbons (Fsp3) is 0.562. The van der Waals surface area contributed by atoms with Gasteiger partial charge in [-0.15, -0.1) is 0 Å². The minimum absolute atomic E-state index is 0.304. The van der Waals surface area contributed by atoms with E-state index >= 15 is 0 Å². The van der Waals surface area contributed by atoms with E-state index in [9.17, 15) is 4.79 Å². The molecule has 0 saturated heterocycles. The van der Waals surface area contributed by atoms with Gasteiger partial charge in [-0.25, -0.2) is 0 Å². The highest BCUT2D eigenvalue weighted by Crippen LogP contribution is 2.38. The molecule has 2 rings (SSSR count).